The summed E-state index contributed by atoms with van der Waals surface area (Å²) in [7, 11) is -2.87. The Morgan fingerprint density at radius 1 is 0.893 bits per heavy atom. The van der Waals surface area contributed by atoms with E-state index < -0.39 is 8.80 Å². The molecule has 1 atom stereocenters. The van der Waals surface area contributed by atoms with E-state index in [2.05, 4.69) is 0 Å². The number of carbonyl (C=O) groups is 2. The van der Waals surface area contributed by atoms with Crippen LogP contribution in [0.5, 0.6) is 0 Å². The van der Waals surface area contributed by atoms with E-state index in [1.54, 1.807) is 26.0 Å². The molecule has 0 spiro atoms. The Kier molecular flexibility index (Phi) is 15.6. The third-order valence-corrected chi connectivity index (χ3v) is 6.77. The van der Waals surface area contributed by atoms with Crippen molar-refractivity contribution >= 4 is 20.7 Å². The minimum absolute atomic E-state index is 0.101. The van der Waals surface area contributed by atoms with Gasteiger partial charge in [-0.05, 0) is 53.9 Å². The van der Waals surface area contributed by atoms with Crippen molar-refractivity contribution in [1.82, 2.24) is 0 Å². The monoisotopic (exact) mass is 416 g/mol. The number of ether oxygens (including phenoxy) is 2. The van der Waals surface area contributed by atoms with Gasteiger partial charge in [0.15, 0.2) is 0 Å². The van der Waals surface area contributed by atoms with Crippen LogP contribution in [0.25, 0.3) is 0 Å². The Balaban J connectivity index is 4.54. The van der Waals surface area contributed by atoms with Crippen LogP contribution in [-0.4, -0.2) is 53.3 Å². The van der Waals surface area contributed by atoms with Gasteiger partial charge in [-0.1, -0.05) is 12.2 Å². The van der Waals surface area contributed by atoms with Crippen LogP contribution in [-0.2, 0) is 32.3 Å². The van der Waals surface area contributed by atoms with Gasteiger partial charge < -0.3 is 22.8 Å². The summed E-state index contributed by atoms with van der Waals surface area (Å²) >= 11 is 0. The standard InChI is InChI=1S/C20H36O7Si/c1-6-12-19(21)23-15-10-14-18(5)27-28(25-8-3,26-9-4)17-11-16-24-20(22)13-7-2/h6-7,12-13,18H,8-11,14-17H2,1-5H3. The quantitative estimate of drug-likeness (QED) is 0.164. The number of esters is 2. The molecule has 0 bridgehead atoms. The van der Waals surface area contributed by atoms with Crippen LogP contribution in [0, 0.1) is 0 Å². The zero-order chi connectivity index (χ0) is 21.3. The molecule has 162 valence electrons. The van der Waals surface area contributed by atoms with E-state index in [1.807, 2.05) is 20.8 Å². The fourth-order valence-corrected chi connectivity index (χ4v) is 5.31. The Morgan fingerprint density at radius 3 is 1.86 bits per heavy atom. The second kappa shape index (κ2) is 16.5. The highest BCUT2D eigenvalue weighted by molar-refractivity contribution is 6.60. The molecule has 0 aliphatic heterocycles. The minimum Gasteiger partial charge on any atom is -0.463 e. The molecular weight excluding hydrogens is 380 g/mol. The zero-order valence-corrected chi connectivity index (χ0v) is 18.9. The van der Waals surface area contributed by atoms with Gasteiger partial charge in [0.1, 0.15) is 0 Å². The first-order valence-corrected chi connectivity index (χ1v) is 11.9. The fourth-order valence-electron chi connectivity index (χ4n) is 2.49. The first kappa shape index (κ1) is 26.5. The van der Waals surface area contributed by atoms with Crippen molar-refractivity contribution in [3.8, 4) is 0 Å². The molecule has 1 unspecified atom stereocenters. The van der Waals surface area contributed by atoms with Crippen LogP contribution in [0.1, 0.15) is 53.9 Å². The lowest BCUT2D eigenvalue weighted by atomic mass is 10.2. The molecule has 0 radical (unpaired) electrons. The molecule has 0 N–H and O–H groups in total. The first-order chi connectivity index (χ1) is 13.4. The number of carbonyl (C=O) groups excluding carboxylic acids is 2. The fraction of sp³-hybridized carbons (Fsp3) is 0.700. The average Bonchev–Trinajstić information content (AvgIpc) is 2.63. The highest BCUT2D eigenvalue weighted by atomic mass is 28.4. The average molecular weight is 417 g/mol. The van der Waals surface area contributed by atoms with Crippen LogP contribution in [0.15, 0.2) is 24.3 Å². The highest BCUT2D eigenvalue weighted by Gasteiger charge is 2.41. The van der Waals surface area contributed by atoms with Crippen molar-refractivity contribution in [3.63, 3.8) is 0 Å². The number of allylic oxidation sites excluding steroid dienone is 2. The van der Waals surface area contributed by atoms with Crippen molar-refractivity contribution < 1.29 is 32.3 Å². The Bertz CT molecular complexity index is 485. The summed E-state index contributed by atoms with van der Waals surface area (Å²) in [6.07, 6.45) is 7.97. The molecule has 28 heavy (non-hydrogen) atoms. The minimum atomic E-state index is -2.87. The summed E-state index contributed by atoms with van der Waals surface area (Å²) in [6, 6.07) is 0.568. The van der Waals surface area contributed by atoms with Gasteiger partial charge >= 0.3 is 20.7 Å². The maximum absolute atomic E-state index is 11.4. The molecule has 0 aliphatic carbocycles. The second-order valence-corrected chi connectivity index (χ2v) is 8.74. The lowest BCUT2D eigenvalue weighted by molar-refractivity contribution is -0.138. The first-order valence-electron chi connectivity index (χ1n) is 9.97. The Morgan fingerprint density at radius 2 is 1.39 bits per heavy atom. The van der Waals surface area contributed by atoms with E-state index >= 15 is 0 Å². The molecule has 0 saturated carbocycles. The van der Waals surface area contributed by atoms with Gasteiger partial charge in [0.25, 0.3) is 0 Å². The van der Waals surface area contributed by atoms with E-state index in [-0.39, 0.29) is 24.6 Å². The predicted molar refractivity (Wildman–Crippen MR) is 110 cm³/mol. The van der Waals surface area contributed by atoms with Gasteiger partial charge in [-0.25, -0.2) is 9.59 Å². The van der Waals surface area contributed by atoms with E-state index in [1.165, 1.54) is 12.2 Å². The molecule has 0 aromatic carbocycles. The van der Waals surface area contributed by atoms with Crippen molar-refractivity contribution in [2.75, 3.05) is 26.4 Å². The van der Waals surface area contributed by atoms with Gasteiger partial charge in [0.2, 0.25) is 0 Å². The molecule has 0 aliphatic rings. The van der Waals surface area contributed by atoms with Gasteiger partial charge in [-0.15, -0.1) is 0 Å². The molecule has 0 fully saturated rings. The summed E-state index contributed by atoms with van der Waals surface area (Å²) in [4.78, 5) is 22.7. The SMILES string of the molecule is CC=CC(=O)OCCCC(C)O[Si](CCCOC(=O)C=CC)(OCC)OCC. The third-order valence-electron chi connectivity index (χ3n) is 3.59. The topological polar surface area (TPSA) is 80.3 Å². The molecule has 0 rings (SSSR count). The van der Waals surface area contributed by atoms with Gasteiger partial charge in [-0.2, -0.15) is 0 Å². The lowest BCUT2D eigenvalue weighted by Crippen LogP contribution is -2.48. The van der Waals surface area contributed by atoms with Gasteiger partial charge in [0, 0.05) is 37.5 Å². The van der Waals surface area contributed by atoms with Crippen LogP contribution in [0.4, 0.5) is 0 Å². The van der Waals surface area contributed by atoms with Crippen LogP contribution in [0.2, 0.25) is 6.04 Å². The van der Waals surface area contributed by atoms with E-state index in [4.69, 9.17) is 22.8 Å². The van der Waals surface area contributed by atoms with Crippen molar-refractivity contribution in [2.24, 2.45) is 0 Å². The number of hydrogen-bond acceptors (Lipinski definition) is 7. The highest BCUT2D eigenvalue weighted by Crippen LogP contribution is 2.22. The van der Waals surface area contributed by atoms with Crippen molar-refractivity contribution in [2.45, 2.75) is 66.0 Å². The summed E-state index contributed by atoms with van der Waals surface area (Å²) in [5, 5.41) is 0. The predicted octanol–water partition coefficient (Wildman–Crippen LogP) is 3.81. The molecule has 0 heterocycles. The Labute approximate surface area is 170 Å². The maximum atomic E-state index is 11.4. The summed E-state index contributed by atoms with van der Waals surface area (Å²) in [5.74, 6) is -0.694. The van der Waals surface area contributed by atoms with E-state index in [0.29, 0.717) is 45.1 Å². The summed E-state index contributed by atoms with van der Waals surface area (Å²) in [6.45, 7) is 10.9. The van der Waals surface area contributed by atoms with Crippen molar-refractivity contribution in [3.05, 3.63) is 24.3 Å². The van der Waals surface area contributed by atoms with E-state index in [0.717, 1.165) is 0 Å². The number of hydrogen-bond donors (Lipinski definition) is 0. The zero-order valence-electron chi connectivity index (χ0n) is 17.9. The summed E-state index contributed by atoms with van der Waals surface area (Å²) < 4.78 is 28.3. The molecule has 0 amide bonds. The smallest absolute Gasteiger partial charge is 0.463 e. The largest absolute Gasteiger partial charge is 0.501 e. The third kappa shape index (κ3) is 12.8. The van der Waals surface area contributed by atoms with Crippen molar-refractivity contribution in [1.29, 1.82) is 0 Å². The molecule has 0 aromatic rings. The normalized spacial score (nSPS) is 13.2. The van der Waals surface area contributed by atoms with Gasteiger partial charge in [-0.3, -0.25) is 0 Å². The summed E-state index contributed by atoms with van der Waals surface area (Å²) in [5.41, 5.74) is 0. The van der Waals surface area contributed by atoms with Crippen LogP contribution < -0.4 is 0 Å². The lowest BCUT2D eigenvalue weighted by Gasteiger charge is -2.31. The van der Waals surface area contributed by atoms with Crippen LogP contribution in [0.3, 0.4) is 0 Å². The van der Waals surface area contributed by atoms with E-state index in [9.17, 15) is 9.59 Å². The molecule has 8 heteroatoms. The second-order valence-electron chi connectivity index (χ2n) is 6.06. The van der Waals surface area contributed by atoms with Crippen LogP contribution >= 0.6 is 0 Å². The molecular formula is C20H36O7Si. The molecule has 7 nitrogen and oxygen atoms in total. The molecule has 0 saturated heterocycles. The maximum Gasteiger partial charge on any atom is 0.501 e. The molecule has 0 aromatic heterocycles. The Hall–Kier alpha value is -1.48. The number of rotatable bonds is 16. The van der Waals surface area contributed by atoms with Gasteiger partial charge in [0.05, 0.1) is 13.2 Å².